The minimum atomic E-state index is 0.227. The van der Waals surface area contributed by atoms with Gasteiger partial charge >= 0.3 is 0 Å². The molecule has 1 fully saturated rings. The predicted molar refractivity (Wildman–Crippen MR) is 69.9 cm³/mol. The molecule has 86 valence electrons. The Morgan fingerprint density at radius 1 is 1.38 bits per heavy atom. The molecule has 16 heavy (non-hydrogen) atoms. The van der Waals surface area contributed by atoms with Gasteiger partial charge in [0.2, 0.25) is 5.91 Å². The highest BCUT2D eigenvalue weighted by atomic mass is 32.2. The summed E-state index contributed by atoms with van der Waals surface area (Å²) in [5.41, 5.74) is 2.34. The monoisotopic (exact) mass is 235 g/mol. The van der Waals surface area contributed by atoms with Gasteiger partial charge in [-0.2, -0.15) is 0 Å². The Hall–Kier alpha value is -0.960. The highest BCUT2D eigenvalue weighted by Gasteiger charge is 2.30. The van der Waals surface area contributed by atoms with Gasteiger partial charge in [-0.05, 0) is 24.5 Å². The summed E-state index contributed by atoms with van der Waals surface area (Å²) in [4.78, 5) is 13.8. The quantitative estimate of drug-likeness (QED) is 0.784. The van der Waals surface area contributed by atoms with Crippen LogP contribution >= 0.6 is 11.8 Å². The Bertz CT molecular complexity index is 403. The molecule has 0 saturated carbocycles. The minimum absolute atomic E-state index is 0.227. The normalized spacial score (nSPS) is 20.9. The van der Waals surface area contributed by atoms with Crippen LogP contribution in [0.25, 0.3) is 0 Å². The molecule has 0 radical (unpaired) electrons. The van der Waals surface area contributed by atoms with Crippen LogP contribution in [0.4, 0.5) is 5.69 Å². The molecule has 1 aromatic carbocycles. The number of anilines is 1. The molecule has 1 aliphatic rings. The van der Waals surface area contributed by atoms with E-state index in [1.165, 1.54) is 5.56 Å². The van der Waals surface area contributed by atoms with Crippen molar-refractivity contribution in [1.82, 2.24) is 0 Å². The highest BCUT2D eigenvalue weighted by Crippen LogP contribution is 2.35. The summed E-state index contributed by atoms with van der Waals surface area (Å²) in [6, 6.07) is 8.21. The van der Waals surface area contributed by atoms with Crippen molar-refractivity contribution in [2.45, 2.75) is 32.1 Å². The lowest BCUT2D eigenvalue weighted by molar-refractivity contribution is -0.115. The number of hydrogen-bond acceptors (Lipinski definition) is 2. The molecule has 0 N–H and O–H groups in total. The number of hydrogen-bond donors (Lipinski definition) is 0. The number of para-hydroxylation sites is 1. The van der Waals surface area contributed by atoms with E-state index in [1.807, 2.05) is 17.0 Å². The fraction of sp³-hybridized carbons (Fsp3) is 0.462. The van der Waals surface area contributed by atoms with Crippen LogP contribution in [0.2, 0.25) is 0 Å². The number of benzene rings is 1. The van der Waals surface area contributed by atoms with Gasteiger partial charge in [-0.1, -0.05) is 32.0 Å². The molecular formula is C13H17NOS. The Kier molecular flexibility index (Phi) is 3.24. The van der Waals surface area contributed by atoms with Crippen molar-refractivity contribution in [3.63, 3.8) is 0 Å². The van der Waals surface area contributed by atoms with Crippen molar-refractivity contribution in [2.24, 2.45) is 0 Å². The first kappa shape index (κ1) is 11.5. The van der Waals surface area contributed by atoms with Crippen molar-refractivity contribution in [1.29, 1.82) is 0 Å². The standard InChI is InChI=1S/C13H17NOS/c1-9(2)11-6-4-5-7-12(11)14-10(3)16-8-13(14)15/h4-7,9-10H,8H2,1-3H3. The molecule has 1 amide bonds. The van der Waals surface area contributed by atoms with E-state index in [1.54, 1.807) is 11.8 Å². The molecule has 1 heterocycles. The van der Waals surface area contributed by atoms with E-state index in [2.05, 4.69) is 32.9 Å². The molecule has 0 aliphatic carbocycles. The van der Waals surface area contributed by atoms with Crippen LogP contribution in [-0.2, 0) is 4.79 Å². The Balaban J connectivity index is 2.43. The van der Waals surface area contributed by atoms with Crippen LogP contribution < -0.4 is 4.90 Å². The van der Waals surface area contributed by atoms with Crippen LogP contribution in [0.5, 0.6) is 0 Å². The topological polar surface area (TPSA) is 20.3 Å². The average molecular weight is 235 g/mol. The van der Waals surface area contributed by atoms with E-state index in [-0.39, 0.29) is 11.3 Å². The van der Waals surface area contributed by atoms with Gasteiger partial charge in [0, 0.05) is 5.69 Å². The zero-order chi connectivity index (χ0) is 11.7. The first-order chi connectivity index (χ1) is 7.61. The van der Waals surface area contributed by atoms with Crippen molar-refractivity contribution in [2.75, 3.05) is 10.7 Å². The molecule has 2 nitrogen and oxygen atoms in total. The summed E-state index contributed by atoms with van der Waals surface area (Å²) in [6.45, 7) is 6.42. The lowest BCUT2D eigenvalue weighted by Gasteiger charge is -2.25. The summed E-state index contributed by atoms with van der Waals surface area (Å²) < 4.78 is 0. The third-order valence-electron chi connectivity index (χ3n) is 2.90. The third kappa shape index (κ3) is 1.96. The number of carbonyl (C=O) groups excluding carboxylic acids is 1. The second-order valence-electron chi connectivity index (χ2n) is 4.39. The van der Waals surface area contributed by atoms with E-state index in [9.17, 15) is 4.79 Å². The number of amides is 1. The molecule has 1 aliphatic heterocycles. The maximum Gasteiger partial charge on any atom is 0.238 e. The van der Waals surface area contributed by atoms with E-state index >= 15 is 0 Å². The van der Waals surface area contributed by atoms with Gasteiger partial charge in [-0.25, -0.2) is 0 Å². The lowest BCUT2D eigenvalue weighted by atomic mass is 10.0. The van der Waals surface area contributed by atoms with E-state index in [4.69, 9.17) is 0 Å². The summed E-state index contributed by atoms with van der Waals surface area (Å²) >= 11 is 1.71. The summed E-state index contributed by atoms with van der Waals surface area (Å²) in [7, 11) is 0. The van der Waals surface area contributed by atoms with Gasteiger partial charge in [0.05, 0.1) is 11.1 Å². The Labute approximate surface area is 101 Å². The lowest BCUT2D eigenvalue weighted by Crippen LogP contribution is -2.31. The number of rotatable bonds is 2. The van der Waals surface area contributed by atoms with Crippen LogP contribution in [0.15, 0.2) is 24.3 Å². The predicted octanol–water partition coefficient (Wildman–Crippen LogP) is 3.24. The summed E-state index contributed by atoms with van der Waals surface area (Å²) in [5, 5.41) is 0.257. The molecule has 1 aromatic rings. The van der Waals surface area contributed by atoms with E-state index < -0.39 is 0 Å². The fourth-order valence-corrected chi connectivity index (χ4v) is 2.97. The molecule has 1 unspecified atom stereocenters. The second kappa shape index (κ2) is 4.50. The Morgan fingerprint density at radius 2 is 2.06 bits per heavy atom. The average Bonchev–Trinajstić information content (AvgIpc) is 2.58. The molecule has 1 atom stereocenters. The van der Waals surface area contributed by atoms with Crippen molar-refractivity contribution in [3.05, 3.63) is 29.8 Å². The molecule has 3 heteroatoms. The van der Waals surface area contributed by atoms with E-state index in [0.717, 1.165) is 5.69 Å². The van der Waals surface area contributed by atoms with Crippen molar-refractivity contribution >= 4 is 23.4 Å². The smallest absolute Gasteiger partial charge is 0.238 e. The van der Waals surface area contributed by atoms with Crippen LogP contribution in [-0.4, -0.2) is 17.0 Å². The first-order valence-corrected chi connectivity index (χ1v) is 6.68. The molecule has 1 saturated heterocycles. The number of thioether (sulfide) groups is 1. The Morgan fingerprint density at radius 3 is 2.62 bits per heavy atom. The summed E-state index contributed by atoms with van der Waals surface area (Å²) in [6.07, 6.45) is 0. The van der Waals surface area contributed by atoms with Crippen LogP contribution in [0.3, 0.4) is 0 Å². The summed E-state index contributed by atoms with van der Waals surface area (Å²) in [5.74, 6) is 1.28. The maximum atomic E-state index is 11.9. The van der Waals surface area contributed by atoms with E-state index in [0.29, 0.717) is 11.7 Å². The van der Waals surface area contributed by atoms with Crippen molar-refractivity contribution < 1.29 is 4.79 Å². The minimum Gasteiger partial charge on any atom is -0.299 e. The molecule has 0 bridgehead atoms. The van der Waals surface area contributed by atoms with Gasteiger partial charge in [0.25, 0.3) is 0 Å². The largest absolute Gasteiger partial charge is 0.299 e. The zero-order valence-electron chi connectivity index (χ0n) is 9.93. The second-order valence-corrected chi connectivity index (χ2v) is 5.69. The number of nitrogens with zero attached hydrogens (tertiary/aromatic N) is 1. The third-order valence-corrected chi connectivity index (χ3v) is 4.01. The van der Waals surface area contributed by atoms with Crippen LogP contribution in [0, 0.1) is 0 Å². The van der Waals surface area contributed by atoms with Gasteiger partial charge in [-0.3, -0.25) is 9.69 Å². The molecule has 0 spiro atoms. The van der Waals surface area contributed by atoms with Gasteiger partial charge in [-0.15, -0.1) is 11.8 Å². The van der Waals surface area contributed by atoms with Gasteiger partial charge < -0.3 is 0 Å². The first-order valence-electron chi connectivity index (χ1n) is 5.64. The van der Waals surface area contributed by atoms with Gasteiger partial charge in [0.15, 0.2) is 0 Å². The SMILES string of the molecule is CC(C)c1ccccc1N1C(=O)CSC1C. The van der Waals surface area contributed by atoms with Gasteiger partial charge in [0.1, 0.15) is 0 Å². The zero-order valence-corrected chi connectivity index (χ0v) is 10.8. The molecular weight excluding hydrogens is 218 g/mol. The van der Waals surface area contributed by atoms with Crippen LogP contribution in [0.1, 0.15) is 32.3 Å². The van der Waals surface area contributed by atoms with Crippen molar-refractivity contribution in [3.8, 4) is 0 Å². The fourth-order valence-electron chi connectivity index (χ4n) is 2.06. The molecule has 0 aromatic heterocycles. The number of carbonyl (C=O) groups is 1. The highest BCUT2D eigenvalue weighted by molar-refractivity contribution is 8.01. The molecule has 2 rings (SSSR count). The maximum absolute atomic E-state index is 11.9.